The van der Waals surface area contributed by atoms with Crippen molar-refractivity contribution in [2.75, 3.05) is 6.61 Å². The van der Waals surface area contributed by atoms with E-state index < -0.39 is 5.82 Å². The highest BCUT2D eigenvalue weighted by molar-refractivity contribution is 5.81. The molecule has 94 valence electrons. The van der Waals surface area contributed by atoms with Crippen LogP contribution in [0.2, 0.25) is 0 Å². The second-order valence-electron chi connectivity index (χ2n) is 4.53. The molecule has 2 aromatic rings. The van der Waals surface area contributed by atoms with E-state index in [1.807, 2.05) is 0 Å². The first-order chi connectivity index (χ1) is 8.70. The van der Waals surface area contributed by atoms with Crippen LogP contribution in [0.15, 0.2) is 16.9 Å². The summed E-state index contributed by atoms with van der Waals surface area (Å²) in [6, 6.07) is 2.85. The average molecular weight is 247 g/mol. The first-order valence-electron chi connectivity index (χ1n) is 6.20. The van der Waals surface area contributed by atoms with Crippen LogP contribution in [-0.4, -0.2) is 11.6 Å². The quantitative estimate of drug-likeness (QED) is 0.886. The maximum atomic E-state index is 13.7. The third kappa shape index (κ3) is 1.60. The van der Waals surface area contributed by atoms with Gasteiger partial charge in [0.2, 0.25) is 0 Å². The summed E-state index contributed by atoms with van der Waals surface area (Å²) in [5.41, 5.74) is 2.37. The van der Waals surface area contributed by atoms with Gasteiger partial charge in [0.15, 0.2) is 17.0 Å². The van der Waals surface area contributed by atoms with E-state index in [-0.39, 0.29) is 11.2 Å². The van der Waals surface area contributed by atoms with E-state index in [0.717, 1.165) is 30.5 Å². The zero-order valence-corrected chi connectivity index (χ0v) is 10.2. The average Bonchev–Trinajstić information content (AvgIpc) is 2.80. The molecule has 0 amide bonds. The molecule has 1 aliphatic carbocycles. The van der Waals surface area contributed by atoms with Gasteiger partial charge in [0, 0.05) is 22.7 Å². The molecule has 18 heavy (non-hydrogen) atoms. The summed E-state index contributed by atoms with van der Waals surface area (Å²) >= 11 is 0. The second-order valence-corrected chi connectivity index (χ2v) is 4.53. The van der Waals surface area contributed by atoms with Crippen molar-refractivity contribution in [3.63, 3.8) is 0 Å². The van der Waals surface area contributed by atoms with Crippen LogP contribution in [0.5, 0.6) is 5.75 Å². The highest BCUT2D eigenvalue weighted by Gasteiger charge is 2.18. The van der Waals surface area contributed by atoms with E-state index in [1.165, 1.54) is 12.1 Å². The van der Waals surface area contributed by atoms with Crippen molar-refractivity contribution in [2.24, 2.45) is 0 Å². The summed E-state index contributed by atoms with van der Waals surface area (Å²) < 4.78 is 18.9. The number of fused-ring (bicyclic) bond motifs is 2. The fraction of sp³-hybridized carbons (Fsp3) is 0.357. The third-order valence-electron chi connectivity index (χ3n) is 3.39. The van der Waals surface area contributed by atoms with Crippen LogP contribution < -0.4 is 10.2 Å². The van der Waals surface area contributed by atoms with Crippen LogP contribution in [-0.2, 0) is 12.8 Å². The van der Waals surface area contributed by atoms with Crippen molar-refractivity contribution >= 4 is 10.9 Å². The molecule has 1 N–H and O–H groups in total. The molecule has 1 aliphatic rings. The summed E-state index contributed by atoms with van der Waals surface area (Å²) in [5, 5.41) is 0.514. The van der Waals surface area contributed by atoms with E-state index >= 15 is 0 Å². The van der Waals surface area contributed by atoms with Gasteiger partial charge in [-0.15, -0.1) is 0 Å². The van der Waals surface area contributed by atoms with Crippen molar-refractivity contribution < 1.29 is 9.13 Å². The molecule has 0 spiro atoms. The lowest BCUT2D eigenvalue weighted by atomic mass is 10.1. The number of aryl methyl sites for hydroxylation is 1. The topological polar surface area (TPSA) is 42.1 Å². The molecule has 3 rings (SSSR count). The Balaban J connectivity index is 2.30. The summed E-state index contributed by atoms with van der Waals surface area (Å²) in [6.07, 6.45) is 2.66. The SMILES string of the molecule is CCOc1cc2c(=O)c3c([nH]c2cc1F)CCC3. The minimum atomic E-state index is -0.432. The fourth-order valence-electron chi connectivity index (χ4n) is 2.57. The number of ether oxygens (including phenoxy) is 1. The maximum absolute atomic E-state index is 13.7. The molecule has 0 unspecified atom stereocenters. The second kappa shape index (κ2) is 4.12. The molecule has 1 aromatic heterocycles. The highest BCUT2D eigenvalue weighted by atomic mass is 19.1. The largest absolute Gasteiger partial charge is 0.491 e. The van der Waals surface area contributed by atoms with Crippen molar-refractivity contribution in [1.29, 1.82) is 0 Å². The van der Waals surface area contributed by atoms with E-state index in [0.29, 0.717) is 17.5 Å². The third-order valence-corrected chi connectivity index (χ3v) is 3.39. The Hall–Kier alpha value is -1.84. The standard InChI is InChI=1S/C14H14FNO2/c1-2-18-13-6-9-12(7-10(13)15)16-11-5-3-4-8(11)14(9)17/h6-7H,2-5H2,1H3,(H,16,17). The van der Waals surface area contributed by atoms with Crippen molar-refractivity contribution in [1.82, 2.24) is 4.98 Å². The Bertz CT molecular complexity index is 676. The lowest BCUT2D eigenvalue weighted by Crippen LogP contribution is -2.11. The number of H-pyrrole nitrogens is 1. The molecule has 1 aromatic carbocycles. The molecule has 1 heterocycles. The smallest absolute Gasteiger partial charge is 0.192 e. The number of benzene rings is 1. The highest BCUT2D eigenvalue weighted by Crippen LogP contribution is 2.25. The summed E-state index contributed by atoms with van der Waals surface area (Å²) in [6.45, 7) is 2.17. The Morgan fingerprint density at radius 1 is 1.39 bits per heavy atom. The van der Waals surface area contributed by atoms with Crippen LogP contribution in [0.3, 0.4) is 0 Å². The van der Waals surface area contributed by atoms with Gasteiger partial charge < -0.3 is 9.72 Å². The van der Waals surface area contributed by atoms with Gasteiger partial charge in [-0.1, -0.05) is 0 Å². The molecule has 0 fully saturated rings. The van der Waals surface area contributed by atoms with Crippen LogP contribution in [0.1, 0.15) is 24.6 Å². The zero-order valence-electron chi connectivity index (χ0n) is 10.2. The molecule has 0 atom stereocenters. The minimum absolute atomic E-state index is 0.0113. The van der Waals surface area contributed by atoms with E-state index in [1.54, 1.807) is 6.92 Å². The van der Waals surface area contributed by atoms with E-state index in [4.69, 9.17) is 4.74 Å². The normalized spacial score (nSPS) is 13.9. The monoisotopic (exact) mass is 247 g/mol. The van der Waals surface area contributed by atoms with Gasteiger partial charge in [0.1, 0.15) is 0 Å². The van der Waals surface area contributed by atoms with E-state index in [2.05, 4.69) is 4.98 Å². The van der Waals surface area contributed by atoms with Gasteiger partial charge in [-0.2, -0.15) is 0 Å². The molecule has 3 nitrogen and oxygen atoms in total. The van der Waals surface area contributed by atoms with Crippen molar-refractivity contribution in [3.05, 3.63) is 39.4 Å². The molecule has 0 saturated carbocycles. The molecule has 4 heteroatoms. The number of rotatable bonds is 2. The number of halogens is 1. The zero-order chi connectivity index (χ0) is 12.7. The molecule has 0 saturated heterocycles. The van der Waals surface area contributed by atoms with Crippen LogP contribution >= 0.6 is 0 Å². The predicted octanol–water partition coefficient (Wildman–Crippen LogP) is 2.55. The number of nitrogens with one attached hydrogen (secondary N) is 1. The van der Waals surface area contributed by atoms with Gasteiger partial charge in [0.05, 0.1) is 12.1 Å². The minimum Gasteiger partial charge on any atom is -0.491 e. The maximum Gasteiger partial charge on any atom is 0.192 e. The molecule has 0 aliphatic heterocycles. The van der Waals surface area contributed by atoms with E-state index in [9.17, 15) is 9.18 Å². The van der Waals surface area contributed by atoms with Crippen molar-refractivity contribution in [3.8, 4) is 5.75 Å². The van der Waals surface area contributed by atoms with Gasteiger partial charge in [-0.3, -0.25) is 4.79 Å². The molecule has 0 radical (unpaired) electrons. The fourth-order valence-corrected chi connectivity index (χ4v) is 2.57. The Labute approximate surface area is 104 Å². The Morgan fingerprint density at radius 2 is 2.22 bits per heavy atom. The van der Waals surface area contributed by atoms with Crippen LogP contribution in [0.25, 0.3) is 10.9 Å². The molecular weight excluding hydrogens is 233 g/mol. The van der Waals surface area contributed by atoms with Crippen LogP contribution in [0, 0.1) is 5.82 Å². The first kappa shape index (κ1) is 11.3. The number of pyridine rings is 1. The Morgan fingerprint density at radius 3 is 3.00 bits per heavy atom. The van der Waals surface area contributed by atoms with Gasteiger partial charge in [0.25, 0.3) is 0 Å². The van der Waals surface area contributed by atoms with Crippen LogP contribution in [0.4, 0.5) is 4.39 Å². The molecule has 0 bridgehead atoms. The lowest BCUT2D eigenvalue weighted by Gasteiger charge is -2.08. The summed E-state index contributed by atoms with van der Waals surface area (Å²) in [5.74, 6) is -0.286. The summed E-state index contributed by atoms with van der Waals surface area (Å²) in [4.78, 5) is 15.5. The van der Waals surface area contributed by atoms with Gasteiger partial charge in [-0.25, -0.2) is 4.39 Å². The first-order valence-corrected chi connectivity index (χ1v) is 6.20. The van der Waals surface area contributed by atoms with Crippen molar-refractivity contribution in [2.45, 2.75) is 26.2 Å². The van der Waals surface area contributed by atoms with Gasteiger partial charge >= 0.3 is 0 Å². The number of aromatic nitrogens is 1. The number of aromatic amines is 1. The predicted molar refractivity (Wildman–Crippen MR) is 67.7 cm³/mol. The Kier molecular flexibility index (Phi) is 2.58. The lowest BCUT2D eigenvalue weighted by molar-refractivity contribution is 0.322. The summed E-state index contributed by atoms with van der Waals surface area (Å²) in [7, 11) is 0. The van der Waals surface area contributed by atoms with Gasteiger partial charge in [-0.05, 0) is 32.3 Å². The number of hydrogen-bond acceptors (Lipinski definition) is 2. The number of hydrogen-bond donors (Lipinski definition) is 1. The molecular formula is C14H14FNO2.